The van der Waals surface area contributed by atoms with Gasteiger partial charge in [-0.2, -0.15) is 0 Å². The molecule has 3 atom stereocenters. The normalized spacial score (nSPS) is 25.5. The molecule has 31 heavy (non-hydrogen) atoms. The average molecular weight is 477 g/mol. The fourth-order valence-electron chi connectivity index (χ4n) is 4.44. The van der Waals surface area contributed by atoms with Crippen molar-refractivity contribution in [3.63, 3.8) is 0 Å². The maximum atomic E-state index is 12.7. The summed E-state index contributed by atoms with van der Waals surface area (Å²) in [5.74, 6) is 0.144. The van der Waals surface area contributed by atoms with Gasteiger partial charge in [-0.15, -0.1) is 0 Å². The number of fused-ring (bicyclic) bond motifs is 1. The molecule has 1 aliphatic carbocycles. The first kappa shape index (κ1) is 22.5. The minimum Gasteiger partial charge on any atom is -0.462 e. The molecule has 2 heterocycles. The van der Waals surface area contributed by atoms with Crippen LogP contribution in [-0.4, -0.2) is 28.7 Å². The van der Waals surface area contributed by atoms with Crippen LogP contribution >= 0.6 is 35.0 Å². The van der Waals surface area contributed by atoms with Gasteiger partial charge in [0.05, 0.1) is 12.6 Å². The Labute approximate surface area is 198 Å². The Bertz CT molecular complexity index is 1010. The third-order valence-electron chi connectivity index (χ3n) is 5.81. The summed E-state index contributed by atoms with van der Waals surface area (Å²) < 4.78 is 5.36. The molecule has 0 radical (unpaired) electrons. The molecule has 4 rings (SSSR count). The molecular formula is C24H26Cl2N2O2S. The molecule has 0 amide bonds. The van der Waals surface area contributed by atoms with Crippen molar-refractivity contribution in [2.24, 2.45) is 16.8 Å². The van der Waals surface area contributed by atoms with Crippen molar-refractivity contribution in [3.8, 4) is 0 Å². The molecule has 0 N–H and O–H groups in total. The van der Waals surface area contributed by atoms with E-state index in [2.05, 4.69) is 31.7 Å². The van der Waals surface area contributed by atoms with Crippen molar-refractivity contribution in [1.82, 2.24) is 4.90 Å². The molecule has 4 nitrogen and oxygen atoms in total. The predicted octanol–water partition coefficient (Wildman–Crippen LogP) is 6.69. The standard InChI is InChI=1S/C24H26Cl2N2O2S/c1-5-30-23(29)22-20(13(2)3)28-21(18-11-10-17(26)12-14(18)4)19(27-24(28)31-22)15-6-8-16(25)9-7-15/h6-11,13-14,19,21H,5,12H2,1-4H3/t14?,19-,21+/m0/s1. The highest BCUT2D eigenvalue weighted by molar-refractivity contribution is 8.18. The number of amidine groups is 1. The molecule has 0 saturated heterocycles. The first-order valence-electron chi connectivity index (χ1n) is 10.6. The van der Waals surface area contributed by atoms with Crippen LogP contribution in [0.4, 0.5) is 0 Å². The number of thioether (sulfide) groups is 1. The van der Waals surface area contributed by atoms with Crippen molar-refractivity contribution in [3.05, 3.63) is 68.2 Å². The van der Waals surface area contributed by atoms with Gasteiger partial charge in [-0.1, -0.05) is 62.2 Å². The predicted molar refractivity (Wildman–Crippen MR) is 129 cm³/mol. The fraction of sp³-hybridized carbons (Fsp3) is 0.417. The topological polar surface area (TPSA) is 41.9 Å². The van der Waals surface area contributed by atoms with Crippen molar-refractivity contribution < 1.29 is 9.53 Å². The molecule has 0 bridgehead atoms. The number of carbonyl (C=O) groups is 1. The Kier molecular flexibility index (Phi) is 6.57. The number of esters is 1. The fourth-order valence-corrected chi connectivity index (χ4v) is 6.10. The van der Waals surface area contributed by atoms with E-state index in [1.54, 1.807) is 0 Å². The lowest BCUT2D eigenvalue weighted by molar-refractivity contribution is -0.137. The van der Waals surface area contributed by atoms with Gasteiger partial charge in [0.15, 0.2) is 5.17 Å². The van der Waals surface area contributed by atoms with E-state index < -0.39 is 0 Å². The zero-order valence-corrected chi connectivity index (χ0v) is 20.4. The molecule has 0 spiro atoms. The summed E-state index contributed by atoms with van der Waals surface area (Å²) >= 11 is 13.9. The van der Waals surface area contributed by atoms with Crippen LogP contribution in [0.1, 0.15) is 45.7 Å². The summed E-state index contributed by atoms with van der Waals surface area (Å²) in [5, 5.41) is 2.42. The maximum absolute atomic E-state index is 12.7. The third kappa shape index (κ3) is 4.20. The molecule has 7 heteroatoms. The lowest BCUT2D eigenvalue weighted by atomic mass is 9.82. The summed E-state index contributed by atoms with van der Waals surface area (Å²) in [5.41, 5.74) is 3.36. The number of hydrogen-bond acceptors (Lipinski definition) is 5. The van der Waals surface area contributed by atoms with E-state index in [-0.39, 0.29) is 29.9 Å². The van der Waals surface area contributed by atoms with E-state index in [1.165, 1.54) is 17.3 Å². The Morgan fingerprint density at radius 2 is 1.97 bits per heavy atom. The van der Waals surface area contributed by atoms with Crippen LogP contribution in [0.5, 0.6) is 0 Å². The van der Waals surface area contributed by atoms with Crippen molar-refractivity contribution in [1.29, 1.82) is 0 Å². The van der Waals surface area contributed by atoms with Crippen LogP contribution in [0.25, 0.3) is 0 Å². The Morgan fingerprint density at radius 1 is 1.26 bits per heavy atom. The molecule has 1 aromatic rings. The first-order chi connectivity index (χ1) is 14.8. The second-order valence-electron chi connectivity index (χ2n) is 8.30. The van der Waals surface area contributed by atoms with Crippen LogP contribution in [0.3, 0.4) is 0 Å². The number of carbonyl (C=O) groups excluding carboxylic acids is 1. The van der Waals surface area contributed by atoms with Crippen LogP contribution in [0, 0.1) is 11.8 Å². The lowest BCUT2D eigenvalue weighted by Gasteiger charge is -2.36. The molecule has 3 aliphatic rings. The minimum absolute atomic E-state index is 0.0241. The van der Waals surface area contributed by atoms with Crippen LogP contribution in [-0.2, 0) is 9.53 Å². The molecular weight excluding hydrogens is 451 g/mol. The number of aliphatic imine (C=N–C) groups is 1. The minimum atomic E-state index is -0.274. The highest BCUT2D eigenvalue weighted by atomic mass is 35.5. The zero-order valence-electron chi connectivity index (χ0n) is 18.1. The first-order valence-corrected chi connectivity index (χ1v) is 12.2. The summed E-state index contributed by atoms with van der Waals surface area (Å²) in [6.45, 7) is 8.60. The quantitative estimate of drug-likeness (QED) is 0.443. The van der Waals surface area contributed by atoms with Gasteiger partial charge in [-0.05, 0) is 66.3 Å². The van der Waals surface area contributed by atoms with Gasteiger partial charge in [-0.25, -0.2) is 4.79 Å². The number of hydrogen-bond donors (Lipinski definition) is 0. The monoisotopic (exact) mass is 476 g/mol. The molecule has 0 saturated carbocycles. The Hall–Kier alpha value is -1.69. The van der Waals surface area contributed by atoms with E-state index in [0.29, 0.717) is 16.5 Å². The van der Waals surface area contributed by atoms with Crippen molar-refractivity contribution in [2.75, 3.05) is 6.61 Å². The second kappa shape index (κ2) is 9.05. The highest BCUT2D eigenvalue weighted by Crippen LogP contribution is 2.51. The Balaban J connectivity index is 1.83. The van der Waals surface area contributed by atoms with E-state index in [4.69, 9.17) is 32.9 Å². The number of halogens is 2. The zero-order chi connectivity index (χ0) is 22.3. The Morgan fingerprint density at radius 3 is 2.58 bits per heavy atom. The van der Waals surface area contributed by atoms with Gasteiger partial charge in [0.2, 0.25) is 0 Å². The number of nitrogens with zero attached hydrogens (tertiary/aromatic N) is 2. The summed E-state index contributed by atoms with van der Waals surface area (Å²) in [6, 6.07) is 7.78. The summed E-state index contributed by atoms with van der Waals surface area (Å²) in [4.78, 5) is 20.7. The second-order valence-corrected chi connectivity index (χ2v) is 10.2. The highest BCUT2D eigenvalue weighted by Gasteiger charge is 2.48. The van der Waals surface area contributed by atoms with E-state index >= 15 is 0 Å². The summed E-state index contributed by atoms with van der Waals surface area (Å²) in [6.07, 6.45) is 4.93. The van der Waals surface area contributed by atoms with Crippen molar-refractivity contribution in [2.45, 2.75) is 46.2 Å². The van der Waals surface area contributed by atoms with Crippen molar-refractivity contribution >= 4 is 46.1 Å². The van der Waals surface area contributed by atoms with Crippen LogP contribution < -0.4 is 0 Å². The van der Waals surface area contributed by atoms with Gasteiger partial charge in [0.1, 0.15) is 10.9 Å². The number of ether oxygens (including phenoxy) is 1. The maximum Gasteiger partial charge on any atom is 0.346 e. The summed E-state index contributed by atoms with van der Waals surface area (Å²) in [7, 11) is 0. The van der Waals surface area contributed by atoms with Crippen LogP contribution in [0.2, 0.25) is 5.02 Å². The van der Waals surface area contributed by atoms with E-state index in [1.807, 2.05) is 37.3 Å². The van der Waals surface area contributed by atoms with Gasteiger partial charge in [-0.3, -0.25) is 4.99 Å². The van der Waals surface area contributed by atoms with Crippen LogP contribution in [0.15, 0.2) is 62.6 Å². The number of benzene rings is 1. The van der Waals surface area contributed by atoms with Gasteiger partial charge >= 0.3 is 5.97 Å². The molecule has 0 fully saturated rings. The number of allylic oxidation sites excluding steroid dienone is 4. The lowest BCUT2D eigenvalue weighted by Crippen LogP contribution is -2.39. The van der Waals surface area contributed by atoms with E-state index in [9.17, 15) is 4.79 Å². The van der Waals surface area contributed by atoms with Gasteiger partial charge < -0.3 is 9.64 Å². The average Bonchev–Trinajstić information content (AvgIpc) is 3.25. The molecule has 1 aromatic carbocycles. The number of rotatable bonds is 5. The molecule has 164 valence electrons. The van der Waals surface area contributed by atoms with Gasteiger partial charge in [0.25, 0.3) is 0 Å². The molecule has 1 unspecified atom stereocenters. The largest absolute Gasteiger partial charge is 0.462 e. The third-order valence-corrected chi connectivity index (χ3v) is 7.40. The smallest absolute Gasteiger partial charge is 0.346 e. The molecule has 0 aromatic heterocycles. The SMILES string of the molecule is CCOC(=O)C1=C(C(C)C)N2C(=N[C@@H](c3ccc(Cl)cc3)[C@H]2C2=CC=C(Cl)CC2C)S1. The van der Waals surface area contributed by atoms with Gasteiger partial charge in [0, 0.05) is 15.8 Å². The van der Waals surface area contributed by atoms with E-state index in [0.717, 1.165) is 27.9 Å². The molecule has 2 aliphatic heterocycles.